The van der Waals surface area contributed by atoms with Crippen LogP contribution < -0.4 is 11.1 Å². The van der Waals surface area contributed by atoms with E-state index in [1.807, 2.05) is 0 Å². The second-order valence-corrected chi connectivity index (χ2v) is 4.04. The van der Waals surface area contributed by atoms with Crippen LogP contribution in [0.2, 0.25) is 10.0 Å². The van der Waals surface area contributed by atoms with Crippen LogP contribution in [0.1, 0.15) is 10.4 Å². The lowest BCUT2D eigenvalue weighted by Crippen LogP contribution is -2.14. The molecule has 7 heteroatoms. The predicted molar refractivity (Wildman–Crippen MR) is 67.4 cm³/mol. The quantitative estimate of drug-likeness (QED) is 0.734. The number of nitrogens with two attached hydrogens (primary N) is 1. The Hall–Kier alpha value is -1.72. The van der Waals surface area contributed by atoms with Crippen LogP contribution in [0.25, 0.3) is 0 Å². The van der Waals surface area contributed by atoms with E-state index in [1.54, 1.807) is 6.20 Å². The summed E-state index contributed by atoms with van der Waals surface area (Å²) in [5.41, 5.74) is 6.16. The molecule has 88 valence electrons. The van der Waals surface area contributed by atoms with Gasteiger partial charge in [-0.05, 0) is 12.1 Å². The zero-order chi connectivity index (χ0) is 12.4. The molecule has 4 N–H and O–H groups in total. The zero-order valence-electron chi connectivity index (χ0n) is 8.50. The number of benzene rings is 1. The van der Waals surface area contributed by atoms with Crippen molar-refractivity contribution in [3.05, 3.63) is 40.1 Å². The fourth-order valence-electron chi connectivity index (χ4n) is 1.28. The van der Waals surface area contributed by atoms with E-state index in [9.17, 15) is 4.79 Å². The Morgan fingerprint density at radius 3 is 2.82 bits per heavy atom. The number of carbonyl (C=O) groups excluding carboxylic acids is 1. The number of imidazole rings is 1. The van der Waals surface area contributed by atoms with Crippen LogP contribution in [0.15, 0.2) is 24.5 Å². The summed E-state index contributed by atoms with van der Waals surface area (Å²) in [6.07, 6.45) is 3.10. The van der Waals surface area contributed by atoms with Crippen LogP contribution in [0.3, 0.4) is 0 Å². The first-order chi connectivity index (χ1) is 8.08. The van der Waals surface area contributed by atoms with Crippen LogP contribution in [0, 0.1) is 0 Å². The van der Waals surface area contributed by atoms with E-state index in [2.05, 4.69) is 15.3 Å². The van der Waals surface area contributed by atoms with Gasteiger partial charge in [-0.1, -0.05) is 23.2 Å². The Morgan fingerprint density at radius 1 is 1.41 bits per heavy atom. The first-order valence-electron chi connectivity index (χ1n) is 4.63. The molecule has 0 radical (unpaired) electrons. The number of nitrogens with zero attached hydrogens (tertiary/aromatic N) is 1. The van der Waals surface area contributed by atoms with Gasteiger partial charge >= 0.3 is 0 Å². The van der Waals surface area contributed by atoms with E-state index in [0.29, 0.717) is 11.6 Å². The number of nitrogen functional groups attached to an aromatic ring is 1. The molecular formula is C10H8Cl2N4O. The number of hydrogen-bond acceptors (Lipinski definition) is 3. The maximum Gasteiger partial charge on any atom is 0.259 e. The van der Waals surface area contributed by atoms with E-state index in [1.165, 1.54) is 18.3 Å². The molecule has 0 aliphatic rings. The van der Waals surface area contributed by atoms with Crippen molar-refractivity contribution in [2.45, 2.75) is 0 Å². The minimum atomic E-state index is -0.431. The second kappa shape index (κ2) is 4.65. The lowest BCUT2D eigenvalue weighted by atomic mass is 10.2. The molecule has 0 bridgehead atoms. The summed E-state index contributed by atoms with van der Waals surface area (Å²) in [5.74, 6) is -0.108. The number of nitrogens with one attached hydrogen (secondary N) is 2. The van der Waals surface area contributed by atoms with Gasteiger partial charge in [0.15, 0.2) is 0 Å². The summed E-state index contributed by atoms with van der Waals surface area (Å²) < 4.78 is 0. The Balaban J connectivity index is 2.31. The van der Waals surface area contributed by atoms with Crippen LogP contribution in [0.5, 0.6) is 0 Å². The van der Waals surface area contributed by atoms with Gasteiger partial charge in [0.25, 0.3) is 5.91 Å². The number of amides is 1. The second-order valence-electron chi connectivity index (χ2n) is 3.26. The Morgan fingerprint density at radius 2 is 2.18 bits per heavy atom. The average molecular weight is 271 g/mol. The SMILES string of the molecule is Nc1cc(Cl)c(Cl)c(C(=O)Nc2ncc[nH]2)c1. The smallest absolute Gasteiger partial charge is 0.259 e. The number of halogens is 2. The maximum absolute atomic E-state index is 11.9. The first-order valence-corrected chi connectivity index (χ1v) is 5.39. The third kappa shape index (κ3) is 2.51. The van der Waals surface area contributed by atoms with Gasteiger partial charge in [0.1, 0.15) is 0 Å². The molecule has 0 unspecified atom stereocenters. The van der Waals surface area contributed by atoms with Crippen molar-refractivity contribution in [3.8, 4) is 0 Å². The molecule has 0 aliphatic heterocycles. The molecule has 1 heterocycles. The zero-order valence-corrected chi connectivity index (χ0v) is 10.0. The predicted octanol–water partition coefficient (Wildman–Crippen LogP) is 2.55. The van der Waals surface area contributed by atoms with Gasteiger partial charge in [-0.25, -0.2) is 4.98 Å². The van der Waals surface area contributed by atoms with Crippen molar-refractivity contribution >= 4 is 40.7 Å². The van der Waals surface area contributed by atoms with Crippen LogP contribution in [-0.2, 0) is 0 Å². The number of aromatic amines is 1. The number of aromatic nitrogens is 2. The van der Waals surface area contributed by atoms with Gasteiger partial charge in [-0.15, -0.1) is 0 Å². The number of rotatable bonds is 2. The maximum atomic E-state index is 11.9. The highest BCUT2D eigenvalue weighted by molar-refractivity contribution is 6.44. The molecule has 0 saturated heterocycles. The number of H-pyrrole nitrogens is 1. The molecule has 0 aliphatic carbocycles. The minimum Gasteiger partial charge on any atom is -0.399 e. The van der Waals surface area contributed by atoms with Crippen molar-refractivity contribution in [1.29, 1.82) is 0 Å². The summed E-state index contributed by atoms with van der Waals surface area (Å²) in [6, 6.07) is 2.93. The highest BCUT2D eigenvalue weighted by Gasteiger charge is 2.14. The topological polar surface area (TPSA) is 83.8 Å². The Kier molecular flexibility index (Phi) is 3.21. The molecule has 0 fully saturated rings. The summed E-state index contributed by atoms with van der Waals surface area (Å²) in [6.45, 7) is 0. The van der Waals surface area contributed by atoms with Gasteiger partial charge in [-0.2, -0.15) is 0 Å². The van der Waals surface area contributed by atoms with Crippen LogP contribution in [-0.4, -0.2) is 15.9 Å². The van der Waals surface area contributed by atoms with Crippen molar-refractivity contribution in [2.75, 3.05) is 11.1 Å². The minimum absolute atomic E-state index is 0.157. The third-order valence-electron chi connectivity index (χ3n) is 2.03. The normalized spacial score (nSPS) is 10.2. The van der Waals surface area contributed by atoms with Gasteiger partial charge in [0.2, 0.25) is 5.95 Å². The van der Waals surface area contributed by atoms with Crippen LogP contribution in [0.4, 0.5) is 11.6 Å². The molecule has 1 aromatic carbocycles. The number of anilines is 2. The van der Waals surface area contributed by atoms with Crippen LogP contribution >= 0.6 is 23.2 Å². The van der Waals surface area contributed by atoms with E-state index < -0.39 is 5.91 Å². The summed E-state index contributed by atoms with van der Waals surface area (Å²) in [4.78, 5) is 18.5. The van der Waals surface area contributed by atoms with Gasteiger partial charge in [0.05, 0.1) is 15.6 Å². The fourth-order valence-corrected chi connectivity index (χ4v) is 1.71. The number of hydrogen-bond donors (Lipinski definition) is 3. The highest BCUT2D eigenvalue weighted by atomic mass is 35.5. The largest absolute Gasteiger partial charge is 0.399 e. The highest BCUT2D eigenvalue weighted by Crippen LogP contribution is 2.29. The molecule has 0 spiro atoms. The monoisotopic (exact) mass is 270 g/mol. The lowest BCUT2D eigenvalue weighted by molar-refractivity contribution is 0.102. The first kappa shape index (κ1) is 11.8. The van der Waals surface area contributed by atoms with Crippen molar-refractivity contribution < 1.29 is 4.79 Å². The van der Waals surface area contributed by atoms with Gasteiger partial charge in [0, 0.05) is 18.1 Å². The molecule has 1 aromatic heterocycles. The molecule has 1 amide bonds. The lowest BCUT2D eigenvalue weighted by Gasteiger charge is -2.07. The van der Waals surface area contributed by atoms with E-state index in [-0.39, 0.29) is 15.6 Å². The summed E-state index contributed by atoms with van der Waals surface area (Å²) >= 11 is 11.8. The third-order valence-corrected chi connectivity index (χ3v) is 2.83. The van der Waals surface area contributed by atoms with E-state index >= 15 is 0 Å². The van der Waals surface area contributed by atoms with Crippen molar-refractivity contribution in [2.24, 2.45) is 0 Å². The molecular weight excluding hydrogens is 263 g/mol. The van der Waals surface area contributed by atoms with Gasteiger partial charge in [-0.3, -0.25) is 10.1 Å². The standard InChI is InChI=1S/C10H8Cl2N4O/c11-7-4-5(13)3-6(8(7)12)9(17)16-10-14-1-2-15-10/h1-4H,13H2,(H2,14,15,16,17). The van der Waals surface area contributed by atoms with E-state index in [4.69, 9.17) is 28.9 Å². The van der Waals surface area contributed by atoms with Crippen molar-refractivity contribution in [1.82, 2.24) is 9.97 Å². The average Bonchev–Trinajstić information content (AvgIpc) is 2.76. The fraction of sp³-hybridized carbons (Fsp3) is 0. The molecule has 0 saturated carbocycles. The summed E-state index contributed by atoms with van der Waals surface area (Å²) in [7, 11) is 0. The van der Waals surface area contributed by atoms with Gasteiger partial charge < -0.3 is 10.7 Å². The molecule has 17 heavy (non-hydrogen) atoms. The van der Waals surface area contributed by atoms with E-state index in [0.717, 1.165) is 0 Å². The van der Waals surface area contributed by atoms with Crippen molar-refractivity contribution in [3.63, 3.8) is 0 Å². The number of carbonyl (C=O) groups is 1. The Bertz CT molecular complexity index is 554. The molecule has 5 nitrogen and oxygen atoms in total. The summed E-state index contributed by atoms with van der Waals surface area (Å²) in [5, 5.41) is 2.92. The Labute approximate surface area is 107 Å². The molecule has 2 rings (SSSR count). The molecule has 2 aromatic rings. The molecule has 0 atom stereocenters.